The Morgan fingerprint density at radius 2 is 2.31 bits per heavy atom. The number of aromatic nitrogens is 2. The summed E-state index contributed by atoms with van der Waals surface area (Å²) >= 11 is 3.23. The van der Waals surface area contributed by atoms with Gasteiger partial charge in [-0.15, -0.1) is 22.7 Å². The fourth-order valence-electron chi connectivity index (χ4n) is 0.953. The maximum Gasteiger partial charge on any atom is 0.152 e. The summed E-state index contributed by atoms with van der Waals surface area (Å²) in [5.74, 6) is 0. The van der Waals surface area contributed by atoms with E-state index in [0.29, 0.717) is 6.54 Å². The Hall–Kier alpha value is -0.780. The molecule has 0 aliphatic heterocycles. The summed E-state index contributed by atoms with van der Waals surface area (Å²) in [7, 11) is 0. The molecule has 2 heterocycles. The third-order valence-electron chi connectivity index (χ3n) is 1.56. The minimum absolute atomic E-state index is 0.558. The topological polar surface area (TPSA) is 51.8 Å². The maximum absolute atomic E-state index is 5.50. The highest BCUT2D eigenvalue weighted by Gasteiger charge is 2.06. The van der Waals surface area contributed by atoms with Gasteiger partial charge in [0.1, 0.15) is 0 Å². The van der Waals surface area contributed by atoms with Crippen LogP contribution in [0.4, 0.5) is 0 Å². The van der Waals surface area contributed by atoms with Gasteiger partial charge in [-0.1, -0.05) is 0 Å². The summed E-state index contributed by atoms with van der Waals surface area (Å²) < 4.78 is 0. The lowest BCUT2D eigenvalue weighted by molar-refractivity contribution is 1.10. The fraction of sp³-hybridized carbons (Fsp3) is 0.250. The van der Waals surface area contributed by atoms with Crippen molar-refractivity contribution in [3.05, 3.63) is 22.1 Å². The van der Waals surface area contributed by atoms with Crippen LogP contribution in [0.5, 0.6) is 0 Å². The summed E-state index contributed by atoms with van der Waals surface area (Å²) in [4.78, 5) is 9.71. The first-order chi connectivity index (χ1) is 6.29. The highest BCUT2D eigenvalue weighted by Crippen LogP contribution is 2.27. The standard InChI is InChI=1S/C8H9N3S2/c1-5-4-12-8(11-5)7-10-3-6(2-9)13-7/h3-4H,2,9H2,1H3. The molecule has 2 aromatic rings. The molecular weight excluding hydrogens is 202 g/mol. The number of rotatable bonds is 2. The van der Waals surface area contributed by atoms with Crippen LogP contribution in [0.25, 0.3) is 10.0 Å². The molecule has 68 valence electrons. The van der Waals surface area contributed by atoms with Crippen molar-refractivity contribution < 1.29 is 0 Å². The van der Waals surface area contributed by atoms with E-state index in [0.717, 1.165) is 20.6 Å². The van der Waals surface area contributed by atoms with Crippen LogP contribution in [-0.4, -0.2) is 9.97 Å². The molecule has 0 spiro atoms. The molecule has 0 atom stereocenters. The molecule has 2 rings (SSSR count). The predicted octanol–water partition coefficient (Wildman–Crippen LogP) is 2.03. The first-order valence-electron chi connectivity index (χ1n) is 3.87. The van der Waals surface area contributed by atoms with Crippen LogP contribution < -0.4 is 5.73 Å². The molecule has 0 bridgehead atoms. The van der Waals surface area contributed by atoms with Gasteiger partial charge in [0.2, 0.25) is 0 Å². The summed E-state index contributed by atoms with van der Waals surface area (Å²) in [5.41, 5.74) is 6.55. The van der Waals surface area contributed by atoms with Crippen LogP contribution >= 0.6 is 22.7 Å². The van der Waals surface area contributed by atoms with Gasteiger partial charge in [-0.3, -0.25) is 0 Å². The second kappa shape index (κ2) is 3.53. The maximum atomic E-state index is 5.50. The monoisotopic (exact) mass is 211 g/mol. The zero-order chi connectivity index (χ0) is 9.26. The Labute approximate surface area is 84.3 Å². The van der Waals surface area contributed by atoms with Crippen LogP contribution in [0, 0.1) is 6.92 Å². The van der Waals surface area contributed by atoms with Crippen molar-refractivity contribution in [1.82, 2.24) is 9.97 Å². The van der Waals surface area contributed by atoms with Gasteiger partial charge in [0.25, 0.3) is 0 Å². The molecule has 0 radical (unpaired) electrons. The molecule has 2 aromatic heterocycles. The van der Waals surface area contributed by atoms with E-state index in [2.05, 4.69) is 9.97 Å². The van der Waals surface area contributed by atoms with Gasteiger partial charge in [-0.2, -0.15) is 0 Å². The lowest BCUT2D eigenvalue weighted by Crippen LogP contribution is -1.91. The smallest absolute Gasteiger partial charge is 0.152 e. The zero-order valence-corrected chi connectivity index (χ0v) is 8.78. The normalized spacial score (nSPS) is 10.6. The number of nitrogens with zero attached hydrogens (tertiary/aromatic N) is 2. The summed E-state index contributed by atoms with van der Waals surface area (Å²) in [5, 5.41) is 3.99. The van der Waals surface area contributed by atoms with Crippen LogP contribution in [0.3, 0.4) is 0 Å². The van der Waals surface area contributed by atoms with Crippen LogP contribution in [0.1, 0.15) is 10.6 Å². The highest BCUT2D eigenvalue weighted by molar-refractivity contribution is 7.20. The lowest BCUT2D eigenvalue weighted by Gasteiger charge is -1.85. The van der Waals surface area contributed by atoms with Crippen molar-refractivity contribution in [2.45, 2.75) is 13.5 Å². The Balaban J connectivity index is 2.35. The molecule has 0 unspecified atom stereocenters. The Morgan fingerprint density at radius 3 is 2.85 bits per heavy atom. The summed E-state index contributed by atoms with van der Waals surface area (Å²) in [6.45, 7) is 2.54. The number of hydrogen-bond acceptors (Lipinski definition) is 5. The van der Waals surface area contributed by atoms with Gasteiger partial charge < -0.3 is 5.73 Å². The molecule has 0 amide bonds. The first-order valence-corrected chi connectivity index (χ1v) is 5.56. The van der Waals surface area contributed by atoms with E-state index in [1.807, 2.05) is 18.5 Å². The van der Waals surface area contributed by atoms with Gasteiger partial charge in [-0.25, -0.2) is 9.97 Å². The van der Waals surface area contributed by atoms with Gasteiger partial charge in [0.05, 0.1) is 0 Å². The van der Waals surface area contributed by atoms with E-state index < -0.39 is 0 Å². The minimum atomic E-state index is 0.558. The minimum Gasteiger partial charge on any atom is -0.326 e. The van der Waals surface area contributed by atoms with E-state index in [1.165, 1.54) is 0 Å². The third kappa shape index (κ3) is 1.77. The molecule has 2 N–H and O–H groups in total. The molecule has 0 aliphatic rings. The van der Waals surface area contributed by atoms with Crippen molar-refractivity contribution >= 4 is 22.7 Å². The first kappa shape index (κ1) is 8.80. The second-order valence-corrected chi connectivity index (χ2v) is 4.60. The Bertz CT molecular complexity index is 405. The van der Waals surface area contributed by atoms with Crippen molar-refractivity contribution in [2.75, 3.05) is 0 Å². The van der Waals surface area contributed by atoms with Crippen molar-refractivity contribution in [1.29, 1.82) is 0 Å². The van der Waals surface area contributed by atoms with Gasteiger partial charge in [-0.05, 0) is 6.92 Å². The van der Waals surface area contributed by atoms with E-state index in [1.54, 1.807) is 22.7 Å². The molecule has 0 saturated heterocycles. The Kier molecular flexibility index (Phi) is 2.39. The molecular formula is C8H9N3S2. The van der Waals surface area contributed by atoms with Crippen LogP contribution in [0.2, 0.25) is 0 Å². The van der Waals surface area contributed by atoms with E-state index in [9.17, 15) is 0 Å². The average Bonchev–Trinajstić information content (AvgIpc) is 2.71. The van der Waals surface area contributed by atoms with Gasteiger partial charge >= 0.3 is 0 Å². The van der Waals surface area contributed by atoms with Crippen LogP contribution in [-0.2, 0) is 6.54 Å². The molecule has 3 nitrogen and oxygen atoms in total. The SMILES string of the molecule is Cc1csc(-c2ncc(CN)s2)n1. The van der Waals surface area contributed by atoms with E-state index in [4.69, 9.17) is 5.73 Å². The van der Waals surface area contributed by atoms with E-state index in [-0.39, 0.29) is 0 Å². The van der Waals surface area contributed by atoms with Gasteiger partial charge in [0, 0.05) is 28.7 Å². The van der Waals surface area contributed by atoms with Crippen molar-refractivity contribution in [3.63, 3.8) is 0 Å². The zero-order valence-electron chi connectivity index (χ0n) is 7.15. The molecule has 0 saturated carbocycles. The second-order valence-electron chi connectivity index (χ2n) is 2.63. The van der Waals surface area contributed by atoms with Gasteiger partial charge in [0.15, 0.2) is 10.0 Å². The predicted molar refractivity (Wildman–Crippen MR) is 55.9 cm³/mol. The molecule has 0 aromatic carbocycles. The van der Waals surface area contributed by atoms with Crippen molar-refractivity contribution in [2.24, 2.45) is 5.73 Å². The molecule has 0 aliphatic carbocycles. The van der Waals surface area contributed by atoms with Crippen LogP contribution in [0.15, 0.2) is 11.6 Å². The third-order valence-corrected chi connectivity index (χ3v) is 3.68. The summed E-state index contributed by atoms with van der Waals surface area (Å²) in [6, 6.07) is 0. The Morgan fingerprint density at radius 1 is 1.46 bits per heavy atom. The average molecular weight is 211 g/mol. The lowest BCUT2D eigenvalue weighted by atomic mass is 10.6. The quantitative estimate of drug-likeness (QED) is 0.827. The fourth-order valence-corrected chi connectivity index (χ4v) is 2.58. The molecule has 0 fully saturated rings. The number of thiazole rings is 2. The number of hydrogen-bond donors (Lipinski definition) is 1. The van der Waals surface area contributed by atoms with Crippen molar-refractivity contribution in [3.8, 4) is 10.0 Å². The molecule has 13 heavy (non-hydrogen) atoms. The van der Waals surface area contributed by atoms with E-state index >= 15 is 0 Å². The largest absolute Gasteiger partial charge is 0.326 e. The highest BCUT2D eigenvalue weighted by atomic mass is 32.1. The number of aryl methyl sites for hydroxylation is 1. The summed E-state index contributed by atoms with van der Waals surface area (Å²) in [6.07, 6.45) is 1.82. The number of nitrogens with two attached hydrogens (primary N) is 1. The molecule has 5 heteroatoms.